The molecule has 0 saturated carbocycles. The predicted molar refractivity (Wildman–Crippen MR) is 119 cm³/mol. The fourth-order valence-electron chi connectivity index (χ4n) is 3.06. The van der Waals surface area contributed by atoms with E-state index in [1.54, 1.807) is 20.4 Å². The third-order valence-electron chi connectivity index (χ3n) is 4.66. The zero-order chi connectivity index (χ0) is 21.5. The molecule has 1 atom stereocenters. The van der Waals surface area contributed by atoms with Crippen molar-refractivity contribution in [1.29, 1.82) is 0 Å². The quantitative estimate of drug-likeness (QED) is 0.489. The average molecular weight is 429 g/mol. The number of benzene rings is 2. The average Bonchev–Trinajstić information content (AvgIpc) is 3.22. The Balaban J connectivity index is 1.52. The summed E-state index contributed by atoms with van der Waals surface area (Å²) in [6, 6.07) is 12.0. The zero-order valence-electron chi connectivity index (χ0n) is 17.8. The molecule has 0 radical (unpaired) electrons. The highest BCUT2D eigenvalue weighted by Gasteiger charge is 2.12. The molecule has 30 heavy (non-hydrogen) atoms. The summed E-state index contributed by atoms with van der Waals surface area (Å²) in [6.07, 6.45) is 3.13. The number of aliphatic hydroxyl groups is 1. The SMILES string of the molecule is COc1ccc(COCC(O)CSc2nccn2-c2cc(C)ccc2C)cc1OC. The molecular formula is C23H28N2O4S. The predicted octanol–water partition coefficient (Wildman–Crippen LogP) is 4.18. The van der Waals surface area contributed by atoms with Gasteiger partial charge < -0.3 is 19.3 Å². The molecule has 0 bridgehead atoms. The summed E-state index contributed by atoms with van der Waals surface area (Å²) in [5.74, 6) is 1.83. The minimum atomic E-state index is -0.598. The molecule has 0 amide bonds. The van der Waals surface area contributed by atoms with Crippen molar-refractivity contribution >= 4 is 11.8 Å². The van der Waals surface area contributed by atoms with Crippen LogP contribution >= 0.6 is 11.8 Å². The van der Waals surface area contributed by atoms with Crippen LogP contribution in [-0.2, 0) is 11.3 Å². The van der Waals surface area contributed by atoms with Crippen LogP contribution in [0.2, 0.25) is 0 Å². The van der Waals surface area contributed by atoms with E-state index in [0.717, 1.165) is 16.4 Å². The maximum absolute atomic E-state index is 10.3. The monoisotopic (exact) mass is 428 g/mol. The van der Waals surface area contributed by atoms with E-state index in [2.05, 4.69) is 41.6 Å². The highest BCUT2D eigenvalue weighted by Crippen LogP contribution is 2.28. The van der Waals surface area contributed by atoms with E-state index in [-0.39, 0.29) is 6.61 Å². The van der Waals surface area contributed by atoms with Crippen LogP contribution in [0.1, 0.15) is 16.7 Å². The molecule has 0 aliphatic carbocycles. The van der Waals surface area contributed by atoms with E-state index in [1.165, 1.54) is 22.9 Å². The lowest BCUT2D eigenvalue weighted by atomic mass is 10.1. The van der Waals surface area contributed by atoms with Crippen molar-refractivity contribution in [2.45, 2.75) is 31.7 Å². The second-order valence-electron chi connectivity index (χ2n) is 7.04. The third-order valence-corrected chi connectivity index (χ3v) is 5.77. The van der Waals surface area contributed by atoms with Crippen molar-refractivity contribution in [2.75, 3.05) is 26.6 Å². The molecule has 1 aromatic heterocycles. The van der Waals surface area contributed by atoms with Crippen molar-refractivity contribution in [3.05, 3.63) is 65.5 Å². The van der Waals surface area contributed by atoms with Gasteiger partial charge in [0.25, 0.3) is 0 Å². The molecule has 0 fully saturated rings. The van der Waals surface area contributed by atoms with Crippen LogP contribution in [0.3, 0.4) is 0 Å². The van der Waals surface area contributed by atoms with Gasteiger partial charge in [-0.25, -0.2) is 4.98 Å². The minimum absolute atomic E-state index is 0.242. The Bertz CT molecular complexity index is 974. The number of methoxy groups -OCH3 is 2. The van der Waals surface area contributed by atoms with E-state index in [1.807, 2.05) is 24.4 Å². The molecule has 0 spiro atoms. The first kappa shape index (κ1) is 22.2. The fourth-order valence-corrected chi connectivity index (χ4v) is 3.93. The molecule has 2 aromatic carbocycles. The smallest absolute Gasteiger partial charge is 0.172 e. The van der Waals surface area contributed by atoms with Gasteiger partial charge in [-0.1, -0.05) is 30.0 Å². The van der Waals surface area contributed by atoms with Gasteiger partial charge in [-0.2, -0.15) is 0 Å². The van der Waals surface area contributed by atoms with Gasteiger partial charge in [0.15, 0.2) is 16.7 Å². The summed E-state index contributed by atoms with van der Waals surface area (Å²) in [7, 11) is 3.21. The second-order valence-corrected chi connectivity index (χ2v) is 8.03. The van der Waals surface area contributed by atoms with Gasteiger partial charge >= 0.3 is 0 Å². The number of aryl methyl sites for hydroxylation is 2. The number of aliphatic hydroxyl groups excluding tert-OH is 1. The van der Waals surface area contributed by atoms with Crippen molar-refractivity contribution in [2.24, 2.45) is 0 Å². The Kier molecular flexibility index (Phi) is 7.79. The normalized spacial score (nSPS) is 12.0. The van der Waals surface area contributed by atoms with Crippen LogP contribution < -0.4 is 9.47 Å². The van der Waals surface area contributed by atoms with Crippen molar-refractivity contribution in [3.8, 4) is 17.2 Å². The summed E-state index contributed by atoms with van der Waals surface area (Å²) >= 11 is 1.51. The first-order valence-electron chi connectivity index (χ1n) is 9.72. The Morgan fingerprint density at radius 2 is 1.87 bits per heavy atom. The van der Waals surface area contributed by atoms with Crippen LogP contribution in [0, 0.1) is 13.8 Å². The summed E-state index contributed by atoms with van der Waals surface area (Å²) < 4.78 is 18.3. The first-order chi connectivity index (χ1) is 14.5. The van der Waals surface area contributed by atoms with Gasteiger partial charge in [-0.15, -0.1) is 0 Å². The summed E-state index contributed by atoms with van der Waals surface area (Å²) in [6.45, 7) is 4.79. The van der Waals surface area contributed by atoms with Gasteiger partial charge in [-0.05, 0) is 48.7 Å². The van der Waals surface area contributed by atoms with Crippen LogP contribution in [0.4, 0.5) is 0 Å². The lowest BCUT2D eigenvalue weighted by molar-refractivity contribution is 0.0397. The number of imidazole rings is 1. The lowest BCUT2D eigenvalue weighted by Crippen LogP contribution is -2.18. The number of thioether (sulfide) groups is 1. The third kappa shape index (κ3) is 5.56. The molecule has 1 heterocycles. The summed E-state index contributed by atoms with van der Waals surface area (Å²) in [4.78, 5) is 4.45. The Labute approximate surface area is 181 Å². The van der Waals surface area contributed by atoms with Crippen molar-refractivity contribution in [1.82, 2.24) is 9.55 Å². The van der Waals surface area contributed by atoms with Gasteiger partial charge in [-0.3, -0.25) is 4.57 Å². The molecule has 1 N–H and O–H groups in total. The molecule has 0 aliphatic heterocycles. The number of rotatable bonds is 10. The molecular weight excluding hydrogens is 400 g/mol. The van der Waals surface area contributed by atoms with Crippen LogP contribution in [0.5, 0.6) is 11.5 Å². The van der Waals surface area contributed by atoms with Gasteiger partial charge in [0, 0.05) is 18.1 Å². The molecule has 0 saturated heterocycles. The summed E-state index contributed by atoms with van der Waals surface area (Å²) in [5.41, 5.74) is 4.44. The molecule has 3 aromatic rings. The number of ether oxygens (including phenoxy) is 3. The van der Waals surface area contributed by atoms with Crippen molar-refractivity contribution < 1.29 is 19.3 Å². The topological polar surface area (TPSA) is 65.7 Å². The fraction of sp³-hybridized carbons (Fsp3) is 0.348. The molecule has 7 heteroatoms. The number of hydrogen-bond acceptors (Lipinski definition) is 6. The molecule has 6 nitrogen and oxygen atoms in total. The van der Waals surface area contributed by atoms with Crippen molar-refractivity contribution in [3.63, 3.8) is 0 Å². The molecule has 160 valence electrons. The Hall–Kier alpha value is -2.48. The number of nitrogens with zero attached hydrogens (tertiary/aromatic N) is 2. The largest absolute Gasteiger partial charge is 0.493 e. The van der Waals surface area contributed by atoms with E-state index in [0.29, 0.717) is 23.9 Å². The van der Waals surface area contributed by atoms with E-state index >= 15 is 0 Å². The van der Waals surface area contributed by atoms with Gasteiger partial charge in [0.1, 0.15) is 0 Å². The number of hydrogen-bond donors (Lipinski definition) is 1. The lowest BCUT2D eigenvalue weighted by Gasteiger charge is -2.14. The van der Waals surface area contributed by atoms with Crippen LogP contribution in [-0.4, -0.2) is 47.3 Å². The molecule has 1 unspecified atom stereocenters. The molecule has 0 aliphatic rings. The second kappa shape index (κ2) is 10.5. The van der Waals surface area contributed by atoms with Gasteiger partial charge in [0.05, 0.1) is 39.2 Å². The standard InChI is InChI=1S/C23H28N2O4S/c1-16-5-6-17(2)20(11-16)25-10-9-24-23(25)30-15-19(26)14-29-13-18-7-8-21(27-3)22(12-18)28-4/h5-12,19,26H,13-15H2,1-4H3. The molecule has 3 rings (SSSR count). The van der Waals surface area contributed by atoms with Crippen LogP contribution in [0.15, 0.2) is 53.9 Å². The van der Waals surface area contributed by atoms with Crippen LogP contribution in [0.25, 0.3) is 5.69 Å². The zero-order valence-corrected chi connectivity index (χ0v) is 18.6. The van der Waals surface area contributed by atoms with E-state index < -0.39 is 6.10 Å². The summed E-state index contributed by atoms with van der Waals surface area (Å²) in [5, 5.41) is 11.2. The number of aromatic nitrogens is 2. The minimum Gasteiger partial charge on any atom is -0.493 e. The maximum Gasteiger partial charge on any atom is 0.172 e. The highest BCUT2D eigenvalue weighted by atomic mass is 32.2. The Morgan fingerprint density at radius 3 is 2.63 bits per heavy atom. The first-order valence-corrected chi connectivity index (χ1v) is 10.7. The van der Waals surface area contributed by atoms with Gasteiger partial charge in [0.2, 0.25) is 0 Å². The Morgan fingerprint density at radius 1 is 1.07 bits per heavy atom. The van der Waals surface area contributed by atoms with E-state index in [4.69, 9.17) is 14.2 Å². The maximum atomic E-state index is 10.3. The highest BCUT2D eigenvalue weighted by molar-refractivity contribution is 7.99. The van der Waals surface area contributed by atoms with E-state index in [9.17, 15) is 5.11 Å².